The maximum atomic E-state index is 12.2. The number of sulfonamides is 1. The molecule has 0 unspecified atom stereocenters. The second-order valence-corrected chi connectivity index (χ2v) is 7.50. The molecular formula is C16H21NO4S. The van der Waals surface area contributed by atoms with E-state index in [0.717, 1.165) is 5.56 Å². The number of phenols is 2. The van der Waals surface area contributed by atoms with Crippen LogP contribution in [-0.4, -0.2) is 41.8 Å². The molecule has 0 aromatic heterocycles. The van der Waals surface area contributed by atoms with Gasteiger partial charge in [0.25, 0.3) is 0 Å². The van der Waals surface area contributed by atoms with Crippen LogP contribution in [-0.2, 0) is 10.0 Å². The van der Waals surface area contributed by atoms with Gasteiger partial charge >= 0.3 is 0 Å². The lowest BCUT2D eigenvalue weighted by Crippen LogP contribution is -2.39. The zero-order valence-electron chi connectivity index (χ0n) is 12.4. The molecule has 2 N–H and O–H groups in total. The average molecular weight is 323 g/mol. The summed E-state index contributed by atoms with van der Waals surface area (Å²) in [6, 6.07) is 4.54. The third-order valence-electron chi connectivity index (χ3n) is 3.96. The van der Waals surface area contributed by atoms with Gasteiger partial charge in [0, 0.05) is 19.2 Å². The zero-order chi connectivity index (χ0) is 16.3. The van der Waals surface area contributed by atoms with Gasteiger partial charge in [0.1, 0.15) is 11.5 Å². The third kappa shape index (κ3) is 3.69. The van der Waals surface area contributed by atoms with Crippen molar-refractivity contribution in [3.05, 3.63) is 48.6 Å². The molecule has 1 aromatic rings. The number of aromatic hydroxyl groups is 2. The number of benzene rings is 1. The predicted octanol–water partition coefficient (Wildman–Crippen LogP) is 2.35. The molecule has 5 nitrogen and oxygen atoms in total. The lowest BCUT2D eigenvalue weighted by Gasteiger charge is -2.31. The van der Waals surface area contributed by atoms with Crippen LogP contribution in [0.15, 0.2) is 43.0 Å². The van der Waals surface area contributed by atoms with E-state index in [9.17, 15) is 18.6 Å². The summed E-state index contributed by atoms with van der Waals surface area (Å²) in [7, 11) is -3.36. The van der Waals surface area contributed by atoms with Crippen LogP contribution in [0, 0.1) is 0 Å². The fourth-order valence-corrected chi connectivity index (χ4v) is 4.24. The van der Waals surface area contributed by atoms with Crippen molar-refractivity contribution in [3.63, 3.8) is 0 Å². The molecule has 1 aliphatic rings. The first-order valence-corrected chi connectivity index (χ1v) is 8.74. The van der Waals surface area contributed by atoms with Gasteiger partial charge in [-0.2, -0.15) is 0 Å². The Morgan fingerprint density at radius 3 is 2.50 bits per heavy atom. The van der Waals surface area contributed by atoms with Crippen LogP contribution < -0.4 is 0 Å². The molecular weight excluding hydrogens is 302 g/mol. The molecule has 2 rings (SSSR count). The van der Waals surface area contributed by atoms with E-state index in [4.69, 9.17) is 0 Å². The van der Waals surface area contributed by atoms with Crippen molar-refractivity contribution < 1.29 is 18.6 Å². The van der Waals surface area contributed by atoms with Crippen LogP contribution in [0.3, 0.4) is 0 Å². The highest BCUT2D eigenvalue weighted by atomic mass is 32.2. The molecule has 1 aromatic carbocycles. The van der Waals surface area contributed by atoms with Crippen LogP contribution in [0.2, 0.25) is 0 Å². The minimum Gasteiger partial charge on any atom is -0.508 e. The van der Waals surface area contributed by atoms with Crippen molar-refractivity contribution in [2.75, 3.05) is 18.8 Å². The number of hydrogen-bond donors (Lipinski definition) is 2. The highest BCUT2D eigenvalue weighted by molar-refractivity contribution is 7.89. The monoisotopic (exact) mass is 323 g/mol. The van der Waals surface area contributed by atoms with Gasteiger partial charge in [0.2, 0.25) is 10.0 Å². The molecule has 1 saturated heterocycles. The van der Waals surface area contributed by atoms with Crippen molar-refractivity contribution in [1.29, 1.82) is 0 Å². The number of piperidine rings is 1. The van der Waals surface area contributed by atoms with Crippen LogP contribution in [0.4, 0.5) is 0 Å². The third-order valence-corrected chi connectivity index (χ3v) is 5.85. The second-order valence-electron chi connectivity index (χ2n) is 5.54. The molecule has 0 saturated carbocycles. The number of rotatable bonds is 5. The van der Waals surface area contributed by atoms with Crippen molar-refractivity contribution in [2.45, 2.75) is 18.8 Å². The normalized spacial score (nSPS) is 17.3. The van der Waals surface area contributed by atoms with Gasteiger partial charge in [-0.3, -0.25) is 0 Å². The molecule has 1 fully saturated rings. The summed E-state index contributed by atoms with van der Waals surface area (Å²) < 4.78 is 26.0. The Bertz CT molecular complexity index is 673. The van der Waals surface area contributed by atoms with E-state index in [1.807, 2.05) is 0 Å². The molecule has 1 aliphatic heterocycles. The molecule has 0 spiro atoms. The smallest absolute Gasteiger partial charge is 0.218 e. The average Bonchev–Trinajstić information content (AvgIpc) is 2.47. The topological polar surface area (TPSA) is 77.8 Å². The molecule has 0 atom stereocenters. The first-order valence-electron chi connectivity index (χ1n) is 7.13. The minimum absolute atomic E-state index is 0.0178. The van der Waals surface area contributed by atoms with Crippen LogP contribution in [0.25, 0.3) is 0 Å². The Morgan fingerprint density at radius 1 is 1.32 bits per heavy atom. The van der Waals surface area contributed by atoms with Crippen molar-refractivity contribution >= 4 is 10.0 Å². The number of allylic oxidation sites excluding steroid dienone is 1. The lowest BCUT2D eigenvalue weighted by molar-refractivity contribution is 0.315. The molecule has 6 heteroatoms. The van der Waals surface area contributed by atoms with Gasteiger partial charge in [-0.05, 0) is 36.0 Å². The number of hydrogen-bond acceptors (Lipinski definition) is 4. The van der Waals surface area contributed by atoms with Gasteiger partial charge in [0.15, 0.2) is 0 Å². The second kappa shape index (κ2) is 6.54. The number of nitrogens with zero attached hydrogens (tertiary/aromatic N) is 1. The molecule has 1 heterocycles. The molecule has 0 bridgehead atoms. The Morgan fingerprint density at radius 2 is 1.95 bits per heavy atom. The fraction of sp³-hybridized carbons (Fsp3) is 0.375. The standard InChI is InChI=1S/C16H21NO4S/c1-3-12(2)11-22(20,21)17-8-6-13(7-9-17)15-5-4-14(18)10-16(15)19/h3-5,10,13,18-19H,1-2,6-9,11H2. The van der Waals surface area contributed by atoms with Crippen LogP contribution >= 0.6 is 0 Å². The quantitative estimate of drug-likeness (QED) is 0.815. The summed E-state index contributed by atoms with van der Waals surface area (Å²) in [5, 5.41) is 19.2. The fourth-order valence-electron chi connectivity index (χ4n) is 2.71. The minimum atomic E-state index is -3.36. The molecule has 0 radical (unpaired) electrons. The molecule has 0 amide bonds. The Balaban J connectivity index is 2.04. The molecule has 22 heavy (non-hydrogen) atoms. The number of phenolic OH excluding ortho intramolecular Hbond substituents is 2. The molecule has 0 aliphatic carbocycles. The largest absolute Gasteiger partial charge is 0.508 e. The van der Waals surface area contributed by atoms with E-state index in [1.165, 1.54) is 22.5 Å². The van der Waals surface area contributed by atoms with E-state index in [-0.39, 0.29) is 23.2 Å². The molecule has 120 valence electrons. The van der Waals surface area contributed by atoms with Crippen molar-refractivity contribution in [3.8, 4) is 11.5 Å². The maximum Gasteiger partial charge on any atom is 0.218 e. The predicted molar refractivity (Wildman–Crippen MR) is 86.4 cm³/mol. The van der Waals surface area contributed by atoms with E-state index < -0.39 is 10.0 Å². The Hall–Kier alpha value is -1.79. The summed E-state index contributed by atoms with van der Waals surface area (Å²) in [5.41, 5.74) is 1.24. The summed E-state index contributed by atoms with van der Waals surface area (Å²) in [6.07, 6.45) is 2.73. The summed E-state index contributed by atoms with van der Waals surface area (Å²) in [5.74, 6) is 0.0613. The van der Waals surface area contributed by atoms with E-state index in [2.05, 4.69) is 13.2 Å². The van der Waals surface area contributed by atoms with Crippen molar-refractivity contribution in [2.24, 2.45) is 0 Å². The van der Waals surface area contributed by atoms with E-state index in [1.54, 1.807) is 6.07 Å². The lowest BCUT2D eigenvalue weighted by atomic mass is 9.89. The van der Waals surface area contributed by atoms with Gasteiger partial charge in [-0.25, -0.2) is 12.7 Å². The zero-order valence-corrected chi connectivity index (χ0v) is 13.2. The first-order chi connectivity index (χ1) is 10.3. The SMILES string of the molecule is C=CC(=C)CS(=O)(=O)N1CCC(c2ccc(O)cc2O)CC1. The van der Waals surface area contributed by atoms with E-state index in [0.29, 0.717) is 31.5 Å². The Kier molecular flexibility index (Phi) is 4.93. The van der Waals surface area contributed by atoms with Crippen molar-refractivity contribution in [1.82, 2.24) is 4.31 Å². The summed E-state index contributed by atoms with van der Waals surface area (Å²) >= 11 is 0. The highest BCUT2D eigenvalue weighted by Gasteiger charge is 2.29. The van der Waals surface area contributed by atoms with Gasteiger partial charge in [-0.1, -0.05) is 25.3 Å². The Labute approximate surface area is 131 Å². The van der Waals surface area contributed by atoms with Gasteiger partial charge in [0.05, 0.1) is 5.75 Å². The van der Waals surface area contributed by atoms with Gasteiger partial charge in [-0.15, -0.1) is 0 Å². The maximum absolute atomic E-state index is 12.2. The van der Waals surface area contributed by atoms with Crippen LogP contribution in [0.5, 0.6) is 11.5 Å². The van der Waals surface area contributed by atoms with E-state index >= 15 is 0 Å². The summed E-state index contributed by atoms with van der Waals surface area (Å²) in [6.45, 7) is 8.01. The summed E-state index contributed by atoms with van der Waals surface area (Å²) in [4.78, 5) is 0. The van der Waals surface area contributed by atoms with Crippen LogP contribution in [0.1, 0.15) is 24.3 Å². The highest BCUT2D eigenvalue weighted by Crippen LogP contribution is 2.36. The first kappa shape index (κ1) is 16.6. The van der Waals surface area contributed by atoms with Gasteiger partial charge < -0.3 is 10.2 Å².